The number of benzene rings is 4. The Morgan fingerprint density at radius 2 is 1.00 bits per heavy atom. The van der Waals surface area contributed by atoms with Crippen LogP contribution in [0.1, 0.15) is 5.56 Å². The van der Waals surface area contributed by atoms with E-state index in [9.17, 15) is 0 Å². The van der Waals surface area contributed by atoms with Crippen LogP contribution in [0.4, 0.5) is 23.0 Å². The summed E-state index contributed by atoms with van der Waals surface area (Å²) >= 11 is 11.9. The van der Waals surface area contributed by atoms with Gasteiger partial charge in [0.15, 0.2) is 0 Å². The molecule has 0 aliphatic heterocycles. The molecule has 0 spiro atoms. The third-order valence-electron chi connectivity index (χ3n) is 5.82. The fraction of sp³-hybridized carbons (Fsp3) is 0.0667. The second kappa shape index (κ2) is 11.9. The molecule has 0 atom stereocenters. The van der Waals surface area contributed by atoms with Crippen molar-refractivity contribution in [2.45, 2.75) is 6.92 Å². The van der Waals surface area contributed by atoms with E-state index in [-0.39, 0.29) is 10.6 Å². The largest absolute Gasteiger partial charge is 0.497 e. The van der Waals surface area contributed by atoms with Crippen molar-refractivity contribution in [2.24, 2.45) is 0 Å². The average Bonchev–Trinajstić information content (AvgIpc) is 2.95. The second-order valence-corrected chi connectivity index (χ2v) is 9.24. The monoisotopic (exact) mass is 554 g/mol. The van der Waals surface area contributed by atoms with Gasteiger partial charge in [0.25, 0.3) is 0 Å². The molecular formula is C30H24Cl2N6O. The lowest BCUT2D eigenvalue weighted by atomic mass is 10.2. The number of halogens is 2. The molecule has 0 saturated carbocycles. The minimum absolute atomic E-state index is 0.222. The van der Waals surface area contributed by atoms with E-state index in [2.05, 4.69) is 37.5 Å². The number of aryl methyl sites for hydroxylation is 1. The molecule has 0 amide bonds. The summed E-state index contributed by atoms with van der Waals surface area (Å²) in [6.07, 6.45) is 0. The van der Waals surface area contributed by atoms with Gasteiger partial charge in [-0.05, 0) is 90.8 Å². The Morgan fingerprint density at radius 3 is 1.46 bits per heavy atom. The first-order valence-electron chi connectivity index (χ1n) is 12.1. The van der Waals surface area contributed by atoms with E-state index in [1.807, 2.05) is 97.1 Å². The van der Waals surface area contributed by atoms with Crippen molar-refractivity contribution in [3.8, 4) is 5.75 Å². The van der Waals surface area contributed by atoms with Crippen molar-refractivity contribution in [2.75, 3.05) is 17.7 Å². The maximum atomic E-state index is 5.96. The van der Waals surface area contributed by atoms with E-state index in [4.69, 9.17) is 27.9 Å². The van der Waals surface area contributed by atoms with E-state index in [1.165, 1.54) is 5.56 Å². The number of hydrogen-bond donors (Lipinski definition) is 2. The Hall–Kier alpha value is -4.46. The summed E-state index contributed by atoms with van der Waals surface area (Å²) < 4.78 is 5.13. The van der Waals surface area contributed by atoms with Gasteiger partial charge in [-0.15, -0.1) is 0 Å². The van der Waals surface area contributed by atoms with E-state index in [1.54, 1.807) is 7.11 Å². The topological polar surface area (TPSA) is 84.9 Å². The van der Waals surface area contributed by atoms with Crippen LogP contribution in [-0.4, -0.2) is 27.0 Å². The summed E-state index contributed by atoms with van der Waals surface area (Å²) in [5.41, 5.74) is 4.74. The fourth-order valence-electron chi connectivity index (χ4n) is 3.87. The average molecular weight is 555 g/mol. The first kappa shape index (κ1) is 26.2. The van der Waals surface area contributed by atoms with Crippen LogP contribution >= 0.6 is 23.2 Å². The molecule has 2 aromatic heterocycles. The van der Waals surface area contributed by atoms with Gasteiger partial charge in [0.2, 0.25) is 10.6 Å². The number of para-hydroxylation sites is 2. The minimum Gasteiger partial charge on any atom is -0.497 e. The second-order valence-electron chi connectivity index (χ2n) is 8.56. The number of fused-ring (bicyclic) bond motifs is 2. The zero-order chi connectivity index (χ0) is 27.2. The number of ether oxygens (including phenoxy) is 1. The van der Waals surface area contributed by atoms with Crippen LogP contribution < -0.4 is 15.4 Å². The third kappa shape index (κ3) is 6.52. The molecule has 0 unspecified atom stereocenters. The highest BCUT2D eigenvalue weighted by Crippen LogP contribution is 2.27. The summed E-state index contributed by atoms with van der Waals surface area (Å²) in [5, 5.41) is 8.87. The van der Waals surface area contributed by atoms with Gasteiger partial charge in [0.05, 0.1) is 18.1 Å². The number of hydrogen-bond acceptors (Lipinski definition) is 7. The van der Waals surface area contributed by atoms with Crippen molar-refractivity contribution < 1.29 is 4.74 Å². The molecule has 0 aliphatic rings. The van der Waals surface area contributed by atoms with Crippen LogP contribution in [0, 0.1) is 6.92 Å². The van der Waals surface area contributed by atoms with E-state index in [0.717, 1.165) is 44.7 Å². The quantitative estimate of drug-likeness (QED) is 0.207. The number of rotatable bonds is 5. The molecule has 39 heavy (non-hydrogen) atoms. The van der Waals surface area contributed by atoms with Crippen molar-refractivity contribution in [3.05, 3.63) is 113 Å². The molecule has 0 bridgehead atoms. The van der Waals surface area contributed by atoms with Crippen molar-refractivity contribution >= 4 is 68.0 Å². The lowest BCUT2D eigenvalue weighted by molar-refractivity contribution is 0.415. The van der Waals surface area contributed by atoms with Crippen molar-refractivity contribution in [1.29, 1.82) is 0 Å². The molecular weight excluding hydrogens is 531 g/mol. The molecule has 0 saturated heterocycles. The molecule has 4 aromatic carbocycles. The number of methoxy groups -OCH3 is 1. The van der Waals surface area contributed by atoms with Gasteiger partial charge in [-0.2, -0.15) is 9.97 Å². The zero-order valence-corrected chi connectivity index (χ0v) is 22.7. The highest BCUT2D eigenvalue weighted by Gasteiger charge is 2.07. The minimum atomic E-state index is 0.222. The number of aromatic nitrogens is 4. The third-order valence-corrected chi connectivity index (χ3v) is 6.16. The van der Waals surface area contributed by atoms with Gasteiger partial charge in [0.1, 0.15) is 17.4 Å². The molecule has 2 heterocycles. The highest BCUT2D eigenvalue weighted by atomic mass is 35.5. The van der Waals surface area contributed by atoms with Crippen LogP contribution in [0.3, 0.4) is 0 Å². The lowest BCUT2D eigenvalue weighted by Crippen LogP contribution is -1.97. The summed E-state index contributed by atoms with van der Waals surface area (Å²) in [7, 11) is 1.64. The first-order chi connectivity index (χ1) is 19.0. The lowest BCUT2D eigenvalue weighted by Gasteiger charge is -2.09. The van der Waals surface area contributed by atoms with Gasteiger partial charge in [-0.3, -0.25) is 0 Å². The summed E-state index contributed by atoms with van der Waals surface area (Å²) in [6.45, 7) is 2.06. The van der Waals surface area contributed by atoms with Gasteiger partial charge in [-0.25, -0.2) is 9.97 Å². The standard InChI is InChI=1S/C15H12ClN3O.C15H12ClN3/c1-20-11-8-6-10(7-9-11)17-14-12-4-2-3-5-13(12)18-15(16)19-14;1-10-6-8-11(9-7-10)17-14-12-4-2-3-5-13(12)18-15(16)19-14/h2-9H,1H3,(H,17,18,19);2-9H,1H3,(H,17,18,19). The Bertz CT molecular complexity index is 1730. The van der Waals surface area contributed by atoms with Crippen LogP contribution in [0.25, 0.3) is 21.8 Å². The predicted octanol–water partition coefficient (Wildman–Crippen LogP) is 8.37. The van der Waals surface area contributed by atoms with Gasteiger partial charge in [-0.1, -0.05) is 42.0 Å². The van der Waals surface area contributed by atoms with Crippen LogP contribution in [-0.2, 0) is 0 Å². The molecule has 194 valence electrons. The molecule has 9 heteroatoms. The van der Waals surface area contributed by atoms with E-state index >= 15 is 0 Å². The molecule has 6 aromatic rings. The van der Waals surface area contributed by atoms with Crippen LogP contribution in [0.5, 0.6) is 5.75 Å². The molecule has 0 fully saturated rings. The fourth-order valence-corrected chi connectivity index (χ4v) is 4.22. The smallest absolute Gasteiger partial charge is 0.224 e. The highest BCUT2D eigenvalue weighted by molar-refractivity contribution is 6.29. The zero-order valence-electron chi connectivity index (χ0n) is 21.2. The number of nitrogens with one attached hydrogen (secondary N) is 2. The molecule has 0 radical (unpaired) electrons. The van der Waals surface area contributed by atoms with Gasteiger partial charge >= 0.3 is 0 Å². The Morgan fingerprint density at radius 1 is 0.564 bits per heavy atom. The maximum absolute atomic E-state index is 5.96. The Labute approximate surface area is 235 Å². The molecule has 2 N–H and O–H groups in total. The first-order valence-corrected chi connectivity index (χ1v) is 12.8. The summed E-state index contributed by atoms with van der Waals surface area (Å²) in [4.78, 5) is 16.9. The maximum Gasteiger partial charge on any atom is 0.224 e. The number of nitrogens with zero attached hydrogens (tertiary/aromatic N) is 4. The molecule has 7 nitrogen and oxygen atoms in total. The van der Waals surface area contributed by atoms with Gasteiger partial charge in [0, 0.05) is 22.1 Å². The van der Waals surface area contributed by atoms with Crippen molar-refractivity contribution in [1.82, 2.24) is 19.9 Å². The van der Waals surface area contributed by atoms with Gasteiger partial charge < -0.3 is 15.4 Å². The predicted molar refractivity (Wildman–Crippen MR) is 160 cm³/mol. The normalized spacial score (nSPS) is 10.6. The molecule has 0 aliphatic carbocycles. The van der Waals surface area contributed by atoms with Crippen LogP contribution in [0.2, 0.25) is 10.6 Å². The van der Waals surface area contributed by atoms with E-state index < -0.39 is 0 Å². The number of anilines is 4. The molecule has 6 rings (SSSR count). The SMILES string of the molecule is COc1ccc(Nc2nc(Cl)nc3ccccc23)cc1.Cc1ccc(Nc2nc(Cl)nc3ccccc23)cc1. The summed E-state index contributed by atoms with van der Waals surface area (Å²) in [5.74, 6) is 2.21. The Balaban J connectivity index is 0.000000158. The summed E-state index contributed by atoms with van der Waals surface area (Å²) in [6, 6.07) is 31.2. The van der Waals surface area contributed by atoms with Crippen molar-refractivity contribution in [3.63, 3.8) is 0 Å². The Kier molecular flexibility index (Phi) is 8.01. The van der Waals surface area contributed by atoms with E-state index in [0.29, 0.717) is 5.82 Å². The van der Waals surface area contributed by atoms with Crippen LogP contribution in [0.15, 0.2) is 97.1 Å².